The summed E-state index contributed by atoms with van der Waals surface area (Å²) in [7, 11) is 1.28. The molecule has 0 aliphatic carbocycles. The van der Waals surface area contributed by atoms with E-state index in [-0.39, 0.29) is 18.1 Å². The molecule has 5 rings (SSSR count). The van der Waals surface area contributed by atoms with E-state index in [0.717, 1.165) is 51.9 Å². The number of morpholine rings is 1. The molecule has 2 heterocycles. The number of benzene rings is 3. The molecule has 1 fully saturated rings. The number of nitrogens with one attached hydrogen (secondary N) is 3. The quantitative estimate of drug-likeness (QED) is 0.155. The largest absolute Gasteiger partial charge is 0.453 e. The first-order chi connectivity index (χ1) is 22.0. The second-order valence-corrected chi connectivity index (χ2v) is 12.3. The van der Waals surface area contributed by atoms with Gasteiger partial charge in [0.1, 0.15) is 6.04 Å². The third-order valence-corrected chi connectivity index (χ3v) is 9.08. The number of carbonyl (C=O) groups excluding carboxylic acids is 2. The minimum Gasteiger partial charge on any atom is -0.453 e. The van der Waals surface area contributed by atoms with Gasteiger partial charge in [-0.1, -0.05) is 60.1 Å². The van der Waals surface area contributed by atoms with E-state index in [4.69, 9.17) is 21.1 Å². The Balaban J connectivity index is 1.27. The smallest absolute Gasteiger partial charge is 0.407 e. The van der Waals surface area contributed by atoms with Crippen molar-refractivity contribution < 1.29 is 19.1 Å². The summed E-state index contributed by atoms with van der Waals surface area (Å²) in [6, 6.07) is 28.0. The fraction of sp³-hybridized carbons (Fsp3) is 0.286. The minimum atomic E-state index is -0.958. The molecule has 4 atom stereocenters. The average molecular weight is 645 g/mol. The molecule has 45 heavy (non-hydrogen) atoms. The highest BCUT2D eigenvalue weighted by atomic mass is 35.5. The van der Waals surface area contributed by atoms with Gasteiger partial charge in [-0.3, -0.25) is 9.78 Å². The number of anilines is 1. The fourth-order valence-electron chi connectivity index (χ4n) is 5.44. The maximum Gasteiger partial charge on any atom is 0.407 e. The second-order valence-electron chi connectivity index (χ2n) is 10.8. The monoisotopic (exact) mass is 644 g/mol. The summed E-state index contributed by atoms with van der Waals surface area (Å²) < 4.78 is 11.4. The number of hydrogen-bond donors (Lipinski definition) is 3. The van der Waals surface area contributed by atoms with Crippen LogP contribution in [0.5, 0.6) is 0 Å². The van der Waals surface area contributed by atoms with E-state index in [9.17, 15) is 9.59 Å². The molecule has 10 heteroatoms. The SMILES string of the molecule is COC(=O)N[C@H](C(=O)Nc1ccccc1CC[C@@H]1CNC[C@@H](CSc2ccc(Cl)cc2)O1)C(c1ccccc1)c1ccncc1. The van der Waals surface area contributed by atoms with E-state index in [1.165, 1.54) is 7.11 Å². The summed E-state index contributed by atoms with van der Waals surface area (Å²) in [6.45, 7) is 1.57. The van der Waals surface area contributed by atoms with Crippen LogP contribution >= 0.6 is 23.4 Å². The van der Waals surface area contributed by atoms with E-state index >= 15 is 0 Å². The molecule has 0 bridgehead atoms. The van der Waals surface area contributed by atoms with E-state index < -0.39 is 18.1 Å². The molecule has 3 N–H and O–H groups in total. The molecule has 8 nitrogen and oxygen atoms in total. The Kier molecular flexibility index (Phi) is 11.9. The molecule has 0 saturated carbocycles. The third-order valence-electron chi connectivity index (χ3n) is 7.69. The number of amides is 2. The van der Waals surface area contributed by atoms with Gasteiger partial charge in [0.15, 0.2) is 0 Å². The third kappa shape index (κ3) is 9.31. The Labute approximate surface area is 273 Å². The van der Waals surface area contributed by atoms with Crippen molar-refractivity contribution in [1.29, 1.82) is 0 Å². The molecule has 0 spiro atoms. The standard InChI is InChI=1S/C35H37ClN4O4S/c1-43-35(42)40-33(32(25-8-3-2-4-9-25)26-17-19-37-20-18-26)34(41)39-31-10-6-5-7-24(31)11-14-28-21-38-22-29(44-28)23-45-30-15-12-27(36)13-16-30/h2-10,12-13,15-20,28-29,32-33,38H,11,14,21-23H2,1H3,(H,39,41)(H,40,42)/t28-,29+,32?,33+/m1/s1. The average Bonchev–Trinajstić information content (AvgIpc) is 3.08. The lowest BCUT2D eigenvalue weighted by Gasteiger charge is -2.31. The van der Waals surface area contributed by atoms with Crippen molar-refractivity contribution >= 4 is 41.1 Å². The number of ether oxygens (including phenoxy) is 2. The summed E-state index contributed by atoms with van der Waals surface area (Å²) in [5.74, 6) is 0.00473. The van der Waals surface area contributed by atoms with Gasteiger partial charge in [0, 0.05) is 52.8 Å². The topological polar surface area (TPSA) is 102 Å². The Morgan fingerprint density at radius 2 is 1.64 bits per heavy atom. The van der Waals surface area contributed by atoms with Crippen LogP contribution in [0.4, 0.5) is 10.5 Å². The first-order valence-electron chi connectivity index (χ1n) is 14.9. The Morgan fingerprint density at radius 1 is 0.956 bits per heavy atom. The zero-order valence-corrected chi connectivity index (χ0v) is 26.6. The molecule has 1 saturated heterocycles. The van der Waals surface area contributed by atoms with Crippen molar-refractivity contribution in [2.75, 3.05) is 31.3 Å². The lowest BCUT2D eigenvalue weighted by molar-refractivity contribution is -0.118. The molecule has 1 aliphatic heterocycles. The van der Waals surface area contributed by atoms with Gasteiger partial charge in [0.2, 0.25) is 5.91 Å². The second kappa shape index (κ2) is 16.4. The Hall–Kier alpha value is -3.89. The predicted octanol–water partition coefficient (Wildman–Crippen LogP) is 6.31. The summed E-state index contributed by atoms with van der Waals surface area (Å²) in [6.07, 6.45) is 4.29. The zero-order valence-electron chi connectivity index (χ0n) is 25.0. The van der Waals surface area contributed by atoms with Gasteiger partial charge in [-0.15, -0.1) is 11.8 Å². The number of aromatic nitrogens is 1. The number of thioether (sulfide) groups is 1. The lowest BCUT2D eigenvalue weighted by atomic mass is 9.85. The van der Waals surface area contributed by atoms with Gasteiger partial charge < -0.3 is 25.4 Å². The molecule has 1 aliphatic rings. The van der Waals surface area contributed by atoms with Gasteiger partial charge in [-0.25, -0.2) is 4.79 Å². The number of alkyl carbamates (subject to hydrolysis) is 1. The molecular formula is C35H37ClN4O4S. The number of aryl methyl sites for hydroxylation is 1. The number of halogens is 1. The summed E-state index contributed by atoms with van der Waals surface area (Å²) >= 11 is 7.77. The zero-order chi connectivity index (χ0) is 31.4. The van der Waals surface area contributed by atoms with Crippen LogP contribution in [0.3, 0.4) is 0 Å². The highest BCUT2D eigenvalue weighted by molar-refractivity contribution is 7.99. The molecule has 2 amide bonds. The first kappa shape index (κ1) is 32.5. The van der Waals surface area contributed by atoms with Crippen LogP contribution < -0.4 is 16.0 Å². The van der Waals surface area contributed by atoms with E-state index in [0.29, 0.717) is 12.1 Å². The van der Waals surface area contributed by atoms with E-state index in [1.807, 2.05) is 91.0 Å². The van der Waals surface area contributed by atoms with Crippen molar-refractivity contribution in [2.45, 2.75) is 41.9 Å². The number of para-hydroxylation sites is 1. The van der Waals surface area contributed by atoms with Crippen molar-refractivity contribution in [3.05, 3.63) is 125 Å². The highest BCUT2D eigenvalue weighted by Gasteiger charge is 2.33. The number of pyridine rings is 1. The highest BCUT2D eigenvalue weighted by Crippen LogP contribution is 2.30. The van der Waals surface area contributed by atoms with Crippen LogP contribution in [0.25, 0.3) is 0 Å². The van der Waals surface area contributed by atoms with Crippen LogP contribution in [0.1, 0.15) is 29.0 Å². The van der Waals surface area contributed by atoms with E-state index in [2.05, 4.69) is 20.9 Å². The maximum atomic E-state index is 14.0. The van der Waals surface area contributed by atoms with Crippen LogP contribution in [-0.4, -0.2) is 61.2 Å². The Morgan fingerprint density at radius 3 is 2.40 bits per heavy atom. The molecule has 3 aromatic carbocycles. The number of rotatable bonds is 12. The van der Waals surface area contributed by atoms with Gasteiger partial charge in [0.25, 0.3) is 0 Å². The molecule has 4 aromatic rings. The number of hydrogen-bond acceptors (Lipinski definition) is 7. The van der Waals surface area contributed by atoms with Gasteiger partial charge in [-0.2, -0.15) is 0 Å². The van der Waals surface area contributed by atoms with Crippen LogP contribution in [0.15, 0.2) is 108 Å². The van der Waals surface area contributed by atoms with Gasteiger partial charge >= 0.3 is 6.09 Å². The van der Waals surface area contributed by atoms with Crippen LogP contribution in [0.2, 0.25) is 5.02 Å². The van der Waals surface area contributed by atoms with Gasteiger partial charge in [-0.05, 0) is 72.0 Å². The van der Waals surface area contributed by atoms with Crippen LogP contribution in [0, 0.1) is 0 Å². The Bertz CT molecular complexity index is 1490. The molecule has 1 aromatic heterocycles. The molecule has 1 unspecified atom stereocenters. The number of nitrogens with zero attached hydrogens (tertiary/aromatic N) is 1. The predicted molar refractivity (Wildman–Crippen MR) is 179 cm³/mol. The fourth-order valence-corrected chi connectivity index (χ4v) is 6.47. The van der Waals surface area contributed by atoms with Gasteiger partial charge in [0.05, 0.1) is 19.3 Å². The maximum absolute atomic E-state index is 14.0. The van der Waals surface area contributed by atoms with E-state index in [1.54, 1.807) is 24.2 Å². The summed E-state index contributed by atoms with van der Waals surface area (Å²) in [5, 5.41) is 10.1. The van der Waals surface area contributed by atoms with Crippen molar-refractivity contribution in [1.82, 2.24) is 15.6 Å². The summed E-state index contributed by atoms with van der Waals surface area (Å²) in [5.41, 5.74) is 3.40. The lowest BCUT2D eigenvalue weighted by Crippen LogP contribution is -2.48. The number of methoxy groups -OCH3 is 1. The van der Waals surface area contributed by atoms with Crippen molar-refractivity contribution in [2.24, 2.45) is 0 Å². The van der Waals surface area contributed by atoms with Crippen molar-refractivity contribution in [3.8, 4) is 0 Å². The normalized spacial score (nSPS) is 17.6. The minimum absolute atomic E-state index is 0.0428. The summed E-state index contributed by atoms with van der Waals surface area (Å²) in [4.78, 5) is 31.8. The molecule has 234 valence electrons. The molecule has 0 radical (unpaired) electrons. The number of carbonyl (C=O) groups is 2. The molecular weight excluding hydrogens is 608 g/mol. The van der Waals surface area contributed by atoms with Crippen LogP contribution in [-0.2, 0) is 20.7 Å². The van der Waals surface area contributed by atoms with Crippen molar-refractivity contribution in [3.63, 3.8) is 0 Å². The first-order valence-corrected chi connectivity index (χ1v) is 16.3.